The highest BCUT2D eigenvalue weighted by molar-refractivity contribution is 5.96. The van der Waals surface area contributed by atoms with E-state index >= 15 is 0 Å². The van der Waals surface area contributed by atoms with Crippen LogP contribution in [0.4, 0.5) is 11.4 Å². The quantitative estimate of drug-likeness (QED) is 0.763. The first-order chi connectivity index (χ1) is 11.5. The summed E-state index contributed by atoms with van der Waals surface area (Å²) in [5.74, 6) is -0.437. The molecule has 0 saturated carbocycles. The number of carbonyl (C=O) groups excluding carboxylic acids is 2. The van der Waals surface area contributed by atoms with Gasteiger partial charge in [0, 0.05) is 17.3 Å². The topological polar surface area (TPSA) is 84.2 Å². The summed E-state index contributed by atoms with van der Waals surface area (Å²) in [6.45, 7) is 3.65. The Morgan fingerprint density at radius 3 is 2.08 bits per heavy atom. The Morgan fingerprint density at radius 2 is 1.50 bits per heavy atom. The number of hydrogen-bond donors (Lipinski definition) is 3. The summed E-state index contributed by atoms with van der Waals surface area (Å²) in [6, 6.07) is 16.0. The highest BCUT2D eigenvalue weighted by Gasteiger charge is 2.14. The normalized spacial score (nSPS) is 11.8. The van der Waals surface area contributed by atoms with Gasteiger partial charge >= 0.3 is 0 Å². The number of benzene rings is 2. The van der Waals surface area contributed by atoms with Crippen molar-refractivity contribution in [2.75, 3.05) is 10.6 Å². The molecular formula is C19H23N3O2. The number of anilines is 2. The van der Waals surface area contributed by atoms with Crippen LogP contribution in [-0.4, -0.2) is 17.9 Å². The van der Waals surface area contributed by atoms with E-state index in [9.17, 15) is 9.59 Å². The molecule has 0 aliphatic carbocycles. The maximum Gasteiger partial charge on any atom is 0.241 e. The fraction of sp³-hybridized carbons (Fsp3) is 0.263. The predicted octanol–water partition coefficient (Wildman–Crippen LogP) is 2.79. The Hall–Kier alpha value is -2.66. The van der Waals surface area contributed by atoms with Crippen LogP contribution in [0.2, 0.25) is 0 Å². The second kappa shape index (κ2) is 8.26. The van der Waals surface area contributed by atoms with E-state index in [1.165, 1.54) is 0 Å². The van der Waals surface area contributed by atoms with Crippen LogP contribution >= 0.6 is 0 Å². The predicted molar refractivity (Wildman–Crippen MR) is 96.7 cm³/mol. The molecule has 2 aromatic rings. The van der Waals surface area contributed by atoms with Gasteiger partial charge in [-0.15, -0.1) is 0 Å². The molecule has 0 aliphatic heterocycles. The zero-order valence-electron chi connectivity index (χ0n) is 14.0. The zero-order valence-corrected chi connectivity index (χ0v) is 14.0. The SMILES string of the molecule is CC(C)C(=O)Nc1cccc(NC(=O)C(N)Cc2ccccc2)c1. The van der Waals surface area contributed by atoms with E-state index in [2.05, 4.69) is 10.6 Å². The minimum Gasteiger partial charge on any atom is -0.326 e. The Balaban J connectivity index is 1.97. The Bertz CT molecular complexity index is 699. The summed E-state index contributed by atoms with van der Waals surface area (Å²) in [5.41, 5.74) is 8.23. The minimum absolute atomic E-state index is 0.0701. The smallest absolute Gasteiger partial charge is 0.241 e. The number of amides is 2. The summed E-state index contributed by atoms with van der Waals surface area (Å²) in [5, 5.41) is 5.59. The van der Waals surface area contributed by atoms with Crippen molar-refractivity contribution in [1.82, 2.24) is 0 Å². The average Bonchev–Trinajstić information content (AvgIpc) is 2.56. The van der Waals surface area contributed by atoms with Crippen molar-refractivity contribution in [2.24, 2.45) is 11.7 Å². The molecule has 0 saturated heterocycles. The van der Waals surface area contributed by atoms with Crippen LogP contribution in [0.15, 0.2) is 54.6 Å². The summed E-state index contributed by atoms with van der Waals surface area (Å²) in [4.78, 5) is 24.0. The van der Waals surface area contributed by atoms with Gasteiger partial charge in [-0.05, 0) is 30.2 Å². The van der Waals surface area contributed by atoms with E-state index in [0.717, 1.165) is 5.56 Å². The van der Waals surface area contributed by atoms with Crippen molar-refractivity contribution in [3.63, 3.8) is 0 Å². The third kappa shape index (κ3) is 5.21. The largest absolute Gasteiger partial charge is 0.326 e. The molecule has 0 spiro atoms. The molecule has 2 aromatic carbocycles. The van der Waals surface area contributed by atoms with Gasteiger partial charge in [0.1, 0.15) is 0 Å². The van der Waals surface area contributed by atoms with E-state index in [1.807, 2.05) is 44.2 Å². The molecule has 0 radical (unpaired) electrons. The Labute approximate surface area is 142 Å². The molecule has 0 fully saturated rings. The molecule has 1 unspecified atom stereocenters. The number of rotatable bonds is 6. The zero-order chi connectivity index (χ0) is 17.5. The van der Waals surface area contributed by atoms with Gasteiger partial charge in [-0.25, -0.2) is 0 Å². The molecule has 0 aromatic heterocycles. The average molecular weight is 325 g/mol. The first-order valence-electron chi connectivity index (χ1n) is 7.97. The molecule has 24 heavy (non-hydrogen) atoms. The molecule has 2 amide bonds. The summed E-state index contributed by atoms with van der Waals surface area (Å²) >= 11 is 0. The minimum atomic E-state index is -0.638. The van der Waals surface area contributed by atoms with Gasteiger partial charge < -0.3 is 16.4 Å². The van der Waals surface area contributed by atoms with Gasteiger partial charge in [0.15, 0.2) is 0 Å². The van der Waals surface area contributed by atoms with Crippen LogP contribution in [0, 0.1) is 5.92 Å². The maximum atomic E-state index is 12.2. The fourth-order valence-corrected chi connectivity index (χ4v) is 2.16. The van der Waals surface area contributed by atoms with Gasteiger partial charge in [-0.2, -0.15) is 0 Å². The third-order valence-electron chi connectivity index (χ3n) is 3.56. The number of carbonyl (C=O) groups is 2. The molecule has 0 aliphatic rings. The van der Waals surface area contributed by atoms with E-state index in [4.69, 9.17) is 5.73 Å². The molecule has 0 heterocycles. The van der Waals surface area contributed by atoms with E-state index in [1.54, 1.807) is 24.3 Å². The van der Waals surface area contributed by atoms with Crippen LogP contribution in [0.25, 0.3) is 0 Å². The maximum absolute atomic E-state index is 12.2. The lowest BCUT2D eigenvalue weighted by Gasteiger charge is -2.14. The van der Waals surface area contributed by atoms with Crippen LogP contribution in [-0.2, 0) is 16.0 Å². The van der Waals surface area contributed by atoms with E-state index in [-0.39, 0.29) is 17.7 Å². The van der Waals surface area contributed by atoms with Crippen LogP contribution in [0.1, 0.15) is 19.4 Å². The van der Waals surface area contributed by atoms with Crippen molar-refractivity contribution in [1.29, 1.82) is 0 Å². The molecule has 126 valence electrons. The number of hydrogen-bond acceptors (Lipinski definition) is 3. The number of nitrogens with two attached hydrogens (primary N) is 1. The lowest BCUT2D eigenvalue weighted by Crippen LogP contribution is -2.37. The first kappa shape index (κ1) is 17.7. The molecule has 5 nitrogen and oxygen atoms in total. The fourth-order valence-electron chi connectivity index (χ4n) is 2.16. The van der Waals surface area contributed by atoms with Crippen molar-refractivity contribution in [2.45, 2.75) is 26.3 Å². The van der Waals surface area contributed by atoms with Crippen molar-refractivity contribution in [3.8, 4) is 0 Å². The Kier molecular flexibility index (Phi) is 6.09. The lowest BCUT2D eigenvalue weighted by atomic mass is 10.1. The third-order valence-corrected chi connectivity index (χ3v) is 3.56. The van der Waals surface area contributed by atoms with E-state index in [0.29, 0.717) is 17.8 Å². The van der Waals surface area contributed by atoms with Crippen molar-refractivity contribution >= 4 is 23.2 Å². The van der Waals surface area contributed by atoms with Gasteiger partial charge in [-0.3, -0.25) is 9.59 Å². The molecule has 2 rings (SSSR count). The van der Waals surface area contributed by atoms with Gasteiger partial charge in [0.2, 0.25) is 11.8 Å². The molecule has 1 atom stereocenters. The van der Waals surface area contributed by atoms with E-state index < -0.39 is 6.04 Å². The van der Waals surface area contributed by atoms with Gasteiger partial charge in [0.05, 0.1) is 6.04 Å². The summed E-state index contributed by atoms with van der Waals surface area (Å²) in [7, 11) is 0. The van der Waals surface area contributed by atoms with Crippen LogP contribution < -0.4 is 16.4 Å². The van der Waals surface area contributed by atoms with Gasteiger partial charge in [-0.1, -0.05) is 50.2 Å². The first-order valence-corrected chi connectivity index (χ1v) is 7.97. The van der Waals surface area contributed by atoms with Crippen LogP contribution in [0.5, 0.6) is 0 Å². The Morgan fingerprint density at radius 1 is 0.917 bits per heavy atom. The van der Waals surface area contributed by atoms with Crippen molar-refractivity contribution < 1.29 is 9.59 Å². The molecule has 0 bridgehead atoms. The van der Waals surface area contributed by atoms with Crippen molar-refractivity contribution in [3.05, 3.63) is 60.2 Å². The second-order valence-corrected chi connectivity index (χ2v) is 6.01. The summed E-state index contributed by atoms with van der Waals surface area (Å²) < 4.78 is 0. The molecular weight excluding hydrogens is 302 g/mol. The standard InChI is InChI=1S/C19H23N3O2/c1-13(2)18(23)21-15-9-6-10-16(12-15)22-19(24)17(20)11-14-7-4-3-5-8-14/h3-10,12-13,17H,11,20H2,1-2H3,(H,21,23)(H,22,24). The molecule has 5 heteroatoms. The highest BCUT2D eigenvalue weighted by atomic mass is 16.2. The second-order valence-electron chi connectivity index (χ2n) is 6.01. The lowest BCUT2D eigenvalue weighted by molar-refractivity contribution is -0.119. The molecule has 4 N–H and O–H groups in total. The highest BCUT2D eigenvalue weighted by Crippen LogP contribution is 2.16. The summed E-state index contributed by atoms with van der Waals surface area (Å²) in [6.07, 6.45) is 0.469. The number of nitrogens with one attached hydrogen (secondary N) is 2. The monoisotopic (exact) mass is 325 g/mol. The van der Waals surface area contributed by atoms with Crippen LogP contribution in [0.3, 0.4) is 0 Å². The van der Waals surface area contributed by atoms with Gasteiger partial charge in [0.25, 0.3) is 0 Å².